The molecule has 2 aromatic rings. The van der Waals surface area contributed by atoms with E-state index < -0.39 is 5.97 Å². The van der Waals surface area contributed by atoms with Gasteiger partial charge in [0.05, 0.1) is 5.69 Å². The highest BCUT2D eigenvalue weighted by Crippen LogP contribution is 2.24. The molecule has 1 aromatic carbocycles. The number of pyridine rings is 1. The van der Waals surface area contributed by atoms with Crippen LogP contribution in [0.4, 0.5) is 17.2 Å². The molecule has 4 N–H and O–H groups in total. The molecule has 0 unspecified atom stereocenters. The van der Waals surface area contributed by atoms with Crippen molar-refractivity contribution in [1.82, 2.24) is 4.98 Å². The number of carboxylic acids is 1. The summed E-state index contributed by atoms with van der Waals surface area (Å²) in [5.74, 6) is -0.724. The van der Waals surface area contributed by atoms with Gasteiger partial charge in [-0.05, 0) is 43.2 Å². The summed E-state index contributed by atoms with van der Waals surface area (Å²) in [6, 6.07) is 8.86. The fourth-order valence-electron chi connectivity index (χ4n) is 1.69. The van der Waals surface area contributed by atoms with E-state index >= 15 is 0 Å². The molecule has 2 rings (SSSR count). The molecule has 1 heterocycles. The van der Waals surface area contributed by atoms with Crippen molar-refractivity contribution < 1.29 is 9.90 Å². The van der Waals surface area contributed by atoms with Crippen molar-refractivity contribution in [2.75, 3.05) is 11.1 Å². The lowest BCUT2D eigenvalue weighted by atomic mass is 10.1. The van der Waals surface area contributed by atoms with Gasteiger partial charge in [0.1, 0.15) is 0 Å². The summed E-state index contributed by atoms with van der Waals surface area (Å²) < 4.78 is 0. The van der Waals surface area contributed by atoms with E-state index in [0.717, 1.165) is 16.8 Å². The third-order valence-electron chi connectivity index (χ3n) is 2.79. The molecule has 0 aliphatic rings. The predicted octanol–water partition coefficient (Wildman–Crippen LogP) is 2.72. The predicted molar refractivity (Wildman–Crippen MR) is 74.8 cm³/mol. The van der Waals surface area contributed by atoms with Gasteiger partial charge in [-0.3, -0.25) is 0 Å². The summed E-state index contributed by atoms with van der Waals surface area (Å²) in [6.07, 6.45) is 0. The fraction of sp³-hybridized carbons (Fsp3) is 0.143. The van der Waals surface area contributed by atoms with Gasteiger partial charge in [-0.1, -0.05) is 12.1 Å². The molecule has 98 valence electrons. The van der Waals surface area contributed by atoms with Crippen LogP contribution >= 0.6 is 0 Å². The number of carbonyl (C=O) groups is 1. The Morgan fingerprint density at radius 3 is 2.68 bits per heavy atom. The SMILES string of the molecule is Cc1ccc(C)c(Nc2nc(C(=O)O)ccc2N)c1. The van der Waals surface area contributed by atoms with Gasteiger partial charge < -0.3 is 16.2 Å². The molecule has 5 nitrogen and oxygen atoms in total. The van der Waals surface area contributed by atoms with E-state index in [2.05, 4.69) is 10.3 Å². The van der Waals surface area contributed by atoms with Crippen LogP contribution in [0.2, 0.25) is 0 Å². The van der Waals surface area contributed by atoms with Gasteiger partial charge >= 0.3 is 5.97 Å². The second-order valence-corrected chi connectivity index (χ2v) is 4.38. The molecule has 0 aliphatic carbocycles. The number of nitrogen functional groups attached to an aromatic ring is 1. The first-order chi connectivity index (χ1) is 8.97. The van der Waals surface area contributed by atoms with Gasteiger partial charge in [-0.25, -0.2) is 9.78 Å². The van der Waals surface area contributed by atoms with E-state index in [1.807, 2.05) is 32.0 Å². The molecule has 0 aliphatic heterocycles. The smallest absolute Gasteiger partial charge is 0.354 e. The van der Waals surface area contributed by atoms with Gasteiger partial charge in [0.2, 0.25) is 0 Å². The summed E-state index contributed by atoms with van der Waals surface area (Å²) in [7, 11) is 0. The molecule has 5 heteroatoms. The third kappa shape index (κ3) is 2.82. The maximum absolute atomic E-state index is 10.9. The minimum absolute atomic E-state index is 0.0398. The van der Waals surface area contributed by atoms with Crippen LogP contribution in [0.3, 0.4) is 0 Å². The second kappa shape index (κ2) is 4.97. The highest BCUT2D eigenvalue weighted by molar-refractivity contribution is 5.87. The maximum atomic E-state index is 10.9. The number of carboxylic acid groups (broad SMARTS) is 1. The number of hydrogen-bond donors (Lipinski definition) is 3. The maximum Gasteiger partial charge on any atom is 0.354 e. The summed E-state index contributed by atoms with van der Waals surface area (Å²) >= 11 is 0. The van der Waals surface area contributed by atoms with Crippen LogP contribution in [0.25, 0.3) is 0 Å². The quantitative estimate of drug-likeness (QED) is 0.786. The van der Waals surface area contributed by atoms with Crippen LogP contribution in [-0.4, -0.2) is 16.1 Å². The van der Waals surface area contributed by atoms with Gasteiger partial charge in [-0.15, -0.1) is 0 Å². The zero-order valence-electron chi connectivity index (χ0n) is 10.8. The highest BCUT2D eigenvalue weighted by atomic mass is 16.4. The van der Waals surface area contributed by atoms with Gasteiger partial charge in [0, 0.05) is 5.69 Å². The first-order valence-corrected chi connectivity index (χ1v) is 5.81. The number of nitrogens with two attached hydrogens (primary N) is 1. The summed E-state index contributed by atoms with van der Waals surface area (Å²) in [5, 5.41) is 12.0. The fourth-order valence-corrected chi connectivity index (χ4v) is 1.69. The van der Waals surface area contributed by atoms with E-state index in [1.165, 1.54) is 12.1 Å². The number of anilines is 3. The van der Waals surface area contributed by atoms with Crippen molar-refractivity contribution in [3.8, 4) is 0 Å². The average molecular weight is 257 g/mol. The van der Waals surface area contributed by atoms with E-state index in [0.29, 0.717) is 11.5 Å². The average Bonchev–Trinajstić information content (AvgIpc) is 2.36. The van der Waals surface area contributed by atoms with Crippen LogP contribution < -0.4 is 11.1 Å². The van der Waals surface area contributed by atoms with E-state index in [4.69, 9.17) is 10.8 Å². The number of nitrogens with zero attached hydrogens (tertiary/aromatic N) is 1. The Morgan fingerprint density at radius 2 is 2.00 bits per heavy atom. The molecule has 0 atom stereocenters. The van der Waals surface area contributed by atoms with Crippen molar-refractivity contribution in [1.29, 1.82) is 0 Å². The first kappa shape index (κ1) is 12.9. The number of aromatic carboxylic acids is 1. The lowest BCUT2D eigenvalue weighted by Gasteiger charge is -2.12. The molecular formula is C14H15N3O2. The molecule has 0 spiro atoms. The Kier molecular flexibility index (Phi) is 3.37. The normalized spacial score (nSPS) is 10.2. The molecule has 0 saturated heterocycles. The highest BCUT2D eigenvalue weighted by Gasteiger charge is 2.09. The monoisotopic (exact) mass is 257 g/mol. The van der Waals surface area contributed by atoms with Crippen molar-refractivity contribution in [3.05, 3.63) is 47.2 Å². The molecule has 0 fully saturated rings. The van der Waals surface area contributed by atoms with E-state index in [9.17, 15) is 4.79 Å². The minimum Gasteiger partial charge on any atom is -0.477 e. The Labute approximate surface area is 111 Å². The van der Waals surface area contributed by atoms with E-state index in [1.54, 1.807) is 0 Å². The van der Waals surface area contributed by atoms with Gasteiger partial charge in [0.15, 0.2) is 11.5 Å². The second-order valence-electron chi connectivity index (χ2n) is 4.38. The molecular weight excluding hydrogens is 242 g/mol. The van der Waals surface area contributed by atoms with Gasteiger partial charge in [-0.2, -0.15) is 0 Å². The number of aryl methyl sites for hydroxylation is 2. The largest absolute Gasteiger partial charge is 0.477 e. The number of benzene rings is 1. The Morgan fingerprint density at radius 1 is 1.26 bits per heavy atom. The summed E-state index contributed by atoms with van der Waals surface area (Å²) in [4.78, 5) is 14.9. The molecule has 0 saturated carbocycles. The van der Waals surface area contributed by atoms with Crippen molar-refractivity contribution in [2.24, 2.45) is 0 Å². The molecule has 1 aromatic heterocycles. The van der Waals surface area contributed by atoms with E-state index in [-0.39, 0.29) is 5.69 Å². The number of nitrogens with one attached hydrogen (secondary N) is 1. The van der Waals surface area contributed by atoms with Crippen LogP contribution in [0, 0.1) is 13.8 Å². The standard InChI is InChI=1S/C14H15N3O2/c1-8-3-4-9(2)12(7-8)17-13-10(15)5-6-11(16-13)14(18)19/h3-7H,15H2,1-2H3,(H,16,17)(H,18,19). The summed E-state index contributed by atoms with van der Waals surface area (Å²) in [5.41, 5.74) is 9.17. The van der Waals surface area contributed by atoms with Crippen LogP contribution in [0.15, 0.2) is 30.3 Å². The molecule has 0 bridgehead atoms. The molecule has 0 amide bonds. The van der Waals surface area contributed by atoms with Crippen LogP contribution in [0.5, 0.6) is 0 Å². The van der Waals surface area contributed by atoms with Crippen molar-refractivity contribution >= 4 is 23.2 Å². The first-order valence-electron chi connectivity index (χ1n) is 5.81. The number of aromatic nitrogens is 1. The Bertz CT molecular complexity index is 639. The lowest BCUT2D eigenvalue weighted by molar-refractivity contribution is 0.0690. The third-order valence-corrected chi connectivity index (χ3v) is 2.79. The van der Waals surface area contributed by atoms with Crippen molar-refractivity contribution in [2.45, 2.75) is 13.8 Å². The van der Waals surface area contributed by atoms with Crippen LogP contribution in [0.1, 0.15) is 21.6 Å². The topological polar surface area (TPSA) is 88.2 Å². The zero-order valence-corrected chi connectivity index (χ0v) is 10.8. The minimum atomic E-state index is -1.08. The van der Waals surface area contributed by atoms with Crippen LogP contribution in [-0.2, 0) is 0 Å². The van der Waals surface area contributed by atoms with Gasteiger partial charge in [0.25, 0.3) is 0 Å². The lowest BCUT2D eigenvalue weighted by Crippen LogP contribution is -2.06. The molecule has 19 heavy (non-hydrogen) atoms. The number of hydrogen-bond acceptors (Lipinski definition) is 4. The Balaban J connectivity index is 2.40. The van der Waals surface area contributed by atoms with Crippen molar-refractivity contribution in [3.63, 3.8) is 0 Å². The number of rotatable bonds is 3. The summed E-state index contributed by atoms with van der Waals surface area (Å²) in [6.45, 7) is 3.94. The molecule has 0 radical (unpaired) electrons. The Hall–Kier alpha value is -2.56. The zero-order chi connectivity index (χ0) is 14.0.